The summed E-state index contributed by atoms with van der Waals surface area (Å²) in [6, 6.07) is 12.9. The molecule has 20 heavy (non-hydrogen) atoms. The third-order valence-electron chi connectivity index (χ3n) is 3.04. The van der Waals surface area contributed by atoms with Crippen molar-refractivity contribution in [1.82, 2.24) is 0 Å². The van der Waals surface area contributed by atoms with Crippen molar-refractivity contribution in [3.63, 3.8) is 0 Å². The summed E-state index contributed by atoms with van der Waals surface area (Å²) in [4.78, 5) is 2.69. The van der Waals surface area contributed by atoms with Crippen LogP contribution in [-0.4, -0.2) is 0 Å². The fraction of sp³-hybridized carbons (Fsp3) is 0.125. The number of halogens is 1. The van der Waals surface area contributed by atoms with Crippen LogP contribution in [0.5, 0.6) is 0 Å². The molecule has 4 heteroatoms. The Morgan fingerprint density at radius 2 is 2.05 bits per heavy atom. The molecule has 0 aliphatic rings. The summed E-state index contributed by atoms with van der Waals surface area (Å²) < 4.78 is 1.12. The lowest BCUT2D eigenvalue weighted by atomic mass is 10.2. The molecule has 2 aromatic heterocycles. The van der Waals surface area contributed by atoms with Crippen LogP contribution in [-0.2, 0) is 6.54 Å². The molecule has 0 bridgehead atoms. The molecule has 1 nitrogen and oxygen atoms in total. The van der Waals surface area contributed by atoms with E-state index in [1.54, 1.807) is 22.7 Å². The van der Waals surface area contributed by atoms with Gasteiger partial charge in [0.25, 0.3) is 0 Å². The lowest BCUT2D eigenvalue weighted by Crippen LogP contribution is -1.98. The van der Waals surface area contributed by atoms with E-state index in [1.165, 1.54) is 20.9 Å². The van der Waals surface area contributed by atoms with Crippen LogP contribution < -0.4 is 5.32 Å². The molecule has 2 heterocycles. The molecular formula is C16H14BrNS2. The first-order valence-corrected chi connectivity index (χ1v) is 8.89. The fourth-order valence-corrected chi connectivity index (χ4v) is 4.24. The maximum absolute atomic E-state index is 3.60. The molecular weight excluding hydrogens is 350 g/mol. The first-order valence-electron chi connectivity index (χ1n) is 6.34. The van der Waals surface area contributed by atoms with Gasteiger partial charge >= 0.3 is 0 Å². The number of nitrogens with one attached hydrogen (secondary N) is 1. The largest absolute Gasteiger partial charge is 0.379 e. The molecule has 0 fully saturated rings. The second-order valence-electron chi connectivity index (χ2n) is 4.62. The first-order chi connectivity index (χ1) is 9.72. The average molecular weight is 364 g/mol. The lowest BCUT2D eigenvalue weighted by molar-refractivity contribution is 1.19. The highest BCUT2D eigenvalue weighted by atomic mass is 79.9. The van der Waals surface area contributed by atoms with Crippen molar-refractivity contribution < 1.29 is 0 Å². The van der Waals surface area contributed by atoms with Gasteiger partial charge in [-0.3, -0.25) is 0 Å². The maximum atomic E-state index is 3.60. The van der Waals surface area contributed by atoms with Gasteiger partial charge in [0.15, 0.2) is 0 Å². The number of hydrogen-bond acceptors (Lipinski definition) is 3. The molecule has 0 unspecified atom stereocenters. The summed E-state index contributed by atoms with van der Waals surface area (Å²) in [6.07, 6.45) is 0. The van der Waals surface area contributed by atoms with Crippen molar-refractivity contribution in [2.24, 2.45) is 0 Å². The number of anilines is 1. The number of benzene rings is 1. The highest BCUT2D eigenvalue weighted by Gasteiger charge is 2.04. The second kappa shape index (κ2) is 6.12. The summed E-state index contributed by atoms with van der Waals surface area (Å²) in [5, 5.41) is 7.83. The Kier molecular flexibility index (Phi) is 4.24. The summed E-state index contributed by atoms with van der Waals surface area (Å²) >= 11 is 7.19. The third-order valence-corrected chi connectivity index (χ3v) is 5.55. The Morgan fingerprint density at radius 3 is 2.80 bits per heavy atom. The van der Waals surface area contributed by atoms with Crippen LogP contribution in [0.3, 0.4) is 0 Å². The van der Waals surface area contributed by atoms with Gasteiger partial charge in [0, 0.05) is 32.0 Å². The highest BCUT2D eigenvalue weighted by molar-refractivity contribution is 9.10. The molecule has 1 aromatic carbocycles. The van der Waals surface area contributed by atoms with Crippen molar-refractivity contribution in [2.45, 2.75) is 13.5 Å². The van der Waals surface area contributed by atoms with Gasteiger partial charge in [-0.15, -0.1) is 22.7 Å². The summed E-state index contributed by atoms with van der Waals surface area (Å²) in [5.41, 5.74) is 3.73. The topological polar surface area (TPSA) is 12.0 Å². The van der Waals surface area contributed by atoms with Crippen LogP contribution in [0.4, 0.5) is 5.69 Å². The van der Waals surface area contributed by atoms with Gasteiger partial charge in [-0.05, 0) is 63.4 Å². The molecule has 0 aliphatic heterocycles. The number of aryl methyl sites for hydroxylation is 1. The van der Waals surface area contributed by atoms with E-state index in [9.17, 15) is 0 Å². The zero-order valence-corrected chi connectivity index (χ0v) is 14.2. The van der Waals surface area contributed by atoms with Gasteiger partial charge in [-0.1, -0.05) is 12.1 Å². The van der Waals surface area contributed by atoms with Gasteiger partial charge in [0.05, 0.1) is 0 Å². The summed E-state index contributed by atoms with van der Waals surface area (Å²) in [7, 11) is 0. The Labute approximate surface area is 135 Å². The van der Waals surface area contributed by atoms with Crippen molar-refractivity contribution in [3.8, 4) is 10.4 Å². The van der Waals surface area contributed by atoms with Crippen molar-refractivity contribution in [1.29, 1.82) is 0 Å². The molecule has 0 saturated carbocycles. The average Bonchev–Trinajstić information content (AvgIpc) is 3.08. The van der Waals surface area contributed by atoms with Gasteiger partial charge in [-0.25, -0.2) is 0 Å². The Morgan fingerprint density at radius 1 is 1.15 bits per heavy atom. The number of thiophene rings is 2. The van der Waals surface area contributed by atoms with Crippen LogP contribution in [0, 0.1) is 6.92 Å². The SMILES string of the molecule is Cc1ccc(NCc2cc(-c3cccs3)cs2)c(Br)c1. The predicted octanol–water partition coefficient (Wildman–Crippen LogP) is 6.16. The van der Waals surface area contributed by atoms with E-state index in [0.717, 1.165) is 16.7 Å². The van der Waals surface area contributed by atoms with Crippen LogP contribution in [0.15, 0.2) is 51.6 Å². The molecule has 3 rings (SSSR count). The molecule has 0 saturated heterocycles. The zero-order chi connectivity index (χ0) is 13.9. The minimum Gasteiger partial charge on any atom is -0.379 e. The van der Waals surface area contributed by atoms with Crippen LogP contribution in [0.2, 0.25) is 0 Å². The molecule has 3 aromatic rings. The quantitative estimate of drug-likeness (QED) is 0.585. The molecule has 102 valence electrons. The Balaban J connectivity index is 1.70. The maximum Gasteiger partial charge on any atom is 0.0494 e. The number of hydrogen-bond donors (Lipinski definition) is 1. The molecule has 0 atom stereocenters. The number of rotatable bonds is 4. The van der Waals surface area contributed by atoms with Gasteiger partial charge in [0.1, 0.15) is 0 Å². The monoisotopic (exact) mass is 363 g/mol. The Hall–Kier alpha value is -1.10. The Bertz CT molecular complexity index is 701. The third kappa shape index (κ3) is 3.14. The second-order valence-corrected chi connectivity index (χ2v) is 7.41. The molecule has 0 spiro atoms. The normalized spacial score (nSPS) is 10.7. The summed E-state index contributed by atoms with van der Waals surface area (Å²) in [5.74, 6) is 0. The highest BCUT2D eigenvalue weighted by Crippen LogP contribution is 2.30. The predicted molar refractivity (Wildman–Crippen MR) is 93.8 cm³/mol. The molecule has 0 radical (unpaired) electrons. The zero-order valence-electron chi connectivity index (χ0n) is 11.0. The van der Waals surface area contributed by atoms with Crippen molar-refractivity contribution in [3.05, 3.63) is 62.1 Å². The fourth-order valence-electron chi connectivity index (χ4n) is 1.99. The van der Waals surface area contributed by atoms with Gasteiger partial charge < -0.3 is 5.32 Å². The van der Waals surface area contributed by atoms with E-state index < -0.39 is 0 Å². The summed E-state index contributed by atoms with van der Waals surface area (Å²) in [6.45, 7) is 2.96. The standard InChI is InChI=1S/C16H14BrNS2/c1-11-4-5-15(14(17)7-11)18-9-13-8-12(10-20-13)16-3-2-6-19-16/h2-8,10,18H,9H2,1H3. The van der Waals surface area contributed by atoms with Crippen LogP contribution >= 0.6 is 38.6 Å². The molecule has 0 amide bonds. The van der Waals surface area contributed by atoms with Gasteiger partial charge in [0.2, 0.25) is 0 Å². The van der Waals surface area contributed by atoms with E-state index in [-0.39, 0.29) is 0 Å². The van der Waals surface area contributed by atoms with E-state index in [0.29, 0.717) is 0 Å². The molecule has 1 N–H and O–H groups in total. The first kappa shape index (κ1) is 13.9. The van der Waals surface area contributed by atoms with Gasteiger partial charge in [-0.2, -0.15) is 0 Å². The van der Waals surface area contributed by atoms with Crippen LogP contribution in [0.25, 0.3) is 10.4 Å². The lowest BCUT2D eigenvalue weighted by Gasteiger charge is -2.07. The molecule has 0 aliphatic carbocycles. The minimum absolute atomic E-state index is 0.859. The van der Waals surface area contributed by atoms with Crippen molar-refractivity contribution in [2.75, 3.05) is 5.32 Å². The van der Waals surface area contributed by atoms with E-state index in [4.69, 9.17) is 0 Å². The van der Waals surface area contributed by atoms with Crippen molar-refractivity contribution >= 4 is 44.3 Å². The smallest absolute Gasteiger partial charge is 0.0494 e. The minimum atomic E-state index is 0.859. The van der Waals surface area contributed by atoms with E-state index >= 15 is 0 Å². The van der Waals surface area contributed by atoms with E-state index in [2.05, 4.69) is 75.3 Å². The van der Waals surface area contributed by atoms with E-state index in [1.807, 2.05) is 0 Å². The van der Waals surface area contributed by atoms with Crippen LogP contribution in [0.1, 0.15) is 10.4 Å².